The number of likely N-dealkylation sites (tertiary alicyclic amines) is 1. The highest BCUT2D eigenvalue weighted by atomic mass is 16.5. The van der Waals surface area contributed by atoms with Crippen molar-refractivity contribution >= 4 is 11.8 Å². The Kier molecular flexibility index (Phi) is 10.8. The fourth-order valence-electron chi connectivity index (χ4n) is 5.11. The molecule has 2 N–H and O–H groups in total. The summed E-state index contributed by atoms with van der Waals surface area (Å²) in [6.07, 6.45) is 7.09. The lowest BCUT2D eigenvalue weighted by molar-refractivity contribution is -0.122. The summed E-state index contributed by atoms with van der Waals surface area (Å²) in [5.74, 6) is 0.928. The maximum Gasteiger partial charge on any atom is 0.234 e. The highest BCUT2D eigenvalue weighted by Gasteiger charge is 2.17. The first-order valence-electron chi connectivity index (χ1n) is 13.9. The third-order valence-corrected chi connectivity index (χ3v) is 7.10. The summed E-state index contributed by atoms with van der Waals surface area (Å²) in [5, 5.41) is 6.16. The maximum atomic E-state index is 12.7. The van der Waals surface area contributed by atoms with E-state index in [-0.39, 0.29) is 11.8 Å². The summed E-state index contributed by atoms with van der Waals surface area (Å²) in [7, 11) is 0. The minimum Gasteiger partial charge on any atom is -0.493 e. The summed E-state index contributed by atoms with van der Waals surface area (Å²) < 4.78 is 6.18. The predicted octanol–water partition coefficient (Wildman–Crippen LogP) is 3.51. The van der Waals surface area contributed by atoms with Gasteiger partial charge in [-0.15, -0.1) is 0 Å². The first-order chi connectivity index (χ1) is 18.2. The van der Waals surface area contributed by atoms with E-state index in [1.165, 1.54) is 19.3 Å². The third-order valence-electron chi connectivity index (χ3n) is 7.10. The van der Waals surface area contributed by atoms with Gasteiger partial charge in [0.1, 0.15) is 5.75 Å². The molecular formula is C30H42N4O3. The monoisotopic (exact) mass is 506 g/mol. The number of piperidine rings is 1. The quantitative estimate of drug-likeness (QED) is 0.601. The lowest BCUT2D eigenvalue weighted by atomic mass is 10.1. The van der Waals surface area contributed by atoms with E-state index in [2.05, 4.69) is 38.6 Å². The summed E-state index contributed by atoms with van der Waals surface area (Å²) >= 11 is 0. The number of nitrogens with one attached hydrogen (secondary N) is 2. The predicted molar refractivity (Wildman–Crippen MR) is 146 cm³/mol. The van der Waals surface area contributed by atoms with Crippen LogP contribution in [0, 0.1) is 0 Å². The number of ether oxygens (including phenoxy) is 1. The van der Waals surface area contributed by atoms with Crippen molar-refractivity contribution < 1.29 is 14.3 Å². The Morgan fingerprint density at radius 2 is 1.70 bits per heavy atom. The molecule has 0 saturated carbocycles. The van der Waals surface area contributed by atoms with Crippen molar-refractivity contribution in [3.05, 3.63) is 65.2 Å². The molecule has 2 heterocycles. The minimum atomic E-state index is 0.0434. The average Bonchev–Trinajstić information content (AvgIpc) is 2.91. The molecule has 0 aromatic heterocycles. The standard InChI is InChI=1S/C30H42N4O3/c35-29(32-15-18-33-16-7-3-8-17-33)21-26-12-13-28-27(20-26)23-34(22-25-10-4-1-5-11-25)24-30(36)31-14-6-2-9-19-37-28/h1,4-5,10-13,20H,2-3,6-9,14-19,21-24H2,(H,31,36)(H,32,35). The molecule has 2 aromatic rings. The number of amides is 2. The Hall–Kier alpha value is -2.90. The van der Waals surface area contributed by atoms with Crippen molar-refractivity contribution in [1.82, 2.24) is 20.4 Å². The number of fused-ring (bicyclic) bond motifs is 1. The fraction of sp³-hybridized carbons (Fsp3) is 0.533. The second-order valence-corrected chi connectivity index (χ2v) is 10.3. The average molecular weight is 507 g/mol. The molecule has 1 fully saturated rings. The molecule has 200 valence electrons. The molecule has 0 bridgehead atoms. The molecule has 4 rings (SSSR count). The molecule has 7 nitrogen and oxygen atoms in total. The van der Waals surface area contributed by atoms with Gasteiger partial charge in [-0.25, -0.2) is 0 Å². The zero-order valence-electron chi connectivity index (χ0n) is 22.1. The zero-order chi connectivity index (χ0) is 25.7. The second-order valence-electron chi connectivity index (χ2n) is 10.3. The first-order valence-corrected chi connectivity index (χ1v) is 13.9. The van der Waals surface area contributed by atoms with E-state index in [9.17, 15) is 9.59 Å². The molecule has 0 radical (unpaired) electrons. The Labute approximate surface area is 221 Å². The van der Waals surface area contributed by atoms with E-state index in [0.717, 1.165) is 61.3 Å². The van der Waals surface area contributed by atoms with Crippen LogP contribution in [0.15, 0.2) is 48.5 Å². The largest absolute Gasteiger partial charge is 0.493 e. The van der Waals surface area contributed by atoms with Gasteiger partial charge in [0.05, 0.1) is 19.6 Å². The van der Waals surface area contributed by atoms with Gasteiger partial charge in [0, 0.05) is 38.3 Å². The Morgan fingerprint density at radius 3 is 2.54 bits per heavy atom. The van der Waals surface area contributed by atoms with Crippen LogP contribution in [0.3, 0.4) is 0 Å². The van der Waals surface area contributed by atoms with Gasteiger partial charge in [0.25, 0.3) is 0 Å². The normalized spacial score (nSPS) is 18.3. The number of rotatable bonds is 7. The van der Waals surface area contributed by atoms with Gasteiger partial charge in [-0.3, -0.25) is 14.5 Å². The highest BCUT2D eigenvalue weighted by Crippen LogP contribution is 2.24. The van der Waals surface area contributed by atoms with Gasteiger partial charge in [-0.1, -0.05) is 48.9 Å². The van der Waals surface area contributed by atoms with Gasteiger partial charge in [0.2, 0.25) is 11.8 Å². The van der Waals surface area contributed by atoms with Crippen LogP contribution in [0.5, 0.6) is 5.75 Å². The number of carbonyl (C=O) groups excluding carboxylic acids is 2. The van der Waals surface area contributed by atoms with Crippen molar-refractivity contribution in [3.8, 4) is 5.75 Å². The molecule has 0 unspecified atom stereocenters. The third kappa shape index (κ3) is 9.48. The summed E-state index contributed by atoms with van der Waals surface area (Å²) in [4.78, 5) is 30.0. The lowest BCUT2D eigenvalue weighted by Crippen LogP contribution is -2.38. The highest BCUT2D eigenvalue weighted by molar-refractivity contribution is 5.79. The first kappa shape index (κ1) is 27.1. The van der Waals surface area contributed by atoms with Crippen LogP contribution in [-0.4, -0.2) is 67.5 Å². The van der Waals surface area contributed by atoms with E-state index in [1.807, 2.05) is 30.3 Å². The number of benzene rings is 2. The lowest BCUT2D eigenvalue weighted by Gasteiger charge is -2.26. The molecule has 1 saturated heterocycles. The molecule has 0 atom stereocenters. The van der Waals surface area contributed by atoms with Gasteiger partial charge < -0.3 is 20.3 Å². The smallest absolute Gasteiger partial charge is 0.234 e. The Balaban J connectivity index is 1.43. The summed E-state index contributed by atoms with van der Waals surface area (Å²) in [5.41, 5.74) is 3.14. The van der Waals surface area contributed by atoms with Gasteiger partial charge in [-0.05, 0) is 62.4 Å². The van der Waals surface area contributed by atoms with Gasteiger partial charge >= 0.3 is 0 Å². The zero-order valence-corrected chi connectivity index (χ0v) is 22.1. The molecule has 0 spiro atoms. The van der Waals surface area contributed by atoms with Crippen LogP contribution in [-0.2, 0) is 29.1 Å². The van der Waals surface area contributed by atoms with Gasteiger partial charge in [-0.2, -0.15) is 0 Å². The Bertz CT molecular complexity index is 992. The Morgan fingerprint density at radius 1 is 0.892 bits per heavy atom. The van der Waals surface area contributed by atoms with E-state index < -0.39 is 0 Å². The van der Waals surface area contributed by atoms with Crippen molar-refractivity contribution in [1.29, 1.82) is 0 Å². The van der Waals surface area contributed by atoms with Crippen molar-refractivity contribution in [2.45, 2.75) is 58.0 Å². The molecule has 2 aliphatic heterocycles. The molecule has 2 amide bonds. The van der Waals surface area contributed by atoms with Crippen LogP contribution in [0.4, 0.5) is 0 Å². The van der Waals surface area contributed by atoms with E-state index in [0.29, 0.717) is 45.8 Å². The molecular weight excluding hydrogens is 464 g/mol. The van der Waals surface area contributed by atoms with Crippen LogP contribution in [0.1, 0.15) is 55.2 Å². The van der Waals surface area contributed by atoms with Crippen LogP contribution in [0.25, 0.3) is 0 Å². The molecule has 7 heteroatoms. The topological polar surface area (TPSA) is 73.9 Å². The summed E-state index contributed by atoms with van der Waals surface area (Å²) in [6, 6.07) is 16.3. The van der Waals surface area contributed by atoms with Crippen molar-refractivity contribution in [3.63, 3.8) is 0 Å². The fourth-order valence-corrected chi connectivity index (χ4v) is 5.11. The van der Waals surface area contributed by atoms with Crippen molar-refractivity contribution in [2.75, 3.05) is 45.9 Å². The van der Waals surface area contributed by atoms with Crippen LogP contribution >= 0.6 is 0 Å². The van der Waals surface area contributed by atoms with Gasteiger partial charge in [0.15, 0.2) is 0 Å². The number of hydrogen-bond acceptors (Lipinski definition) is 5. The maximum absolute atomic E-state index is 12.7. The number of nitrogens with zero attached hydrogens (tertiary/aromatic N) is 2. The van der Waals surface area contributed by atoms with Crippen LogP contribution in [0.2, 0.25) is 0 Å². The minimum absolute atomic E-state index is 0.0434. The van der Waals surface area contributed by atoms with E-state index >= 15 is 0 Å². The second kappa shape index (κ2) is 14.7. The molecule has 0 aliphatic carbocycles. The van der Waals surface area contributed by atoms with Crippen molar-refractivity contribution in [2.24, 2.45) is 0 Å². The van der Waals surface area contributed by atoms with E-state index in [1.54, 1.807) is 0 Å². The molecule has 37 heavy (non-hydrogen) atoms. The SMILES string of the molecule is O=C(Cc1ccc2c(c1)CN(Cc1ccccc1)CC(=O)NCCCCCO2)NCCN1CCCCC1. The summed E-state index contributed by atoms with van der Waals surface area (Å²) in [6.45, 7) is 6.77. The number of carbonyl (C=O) groups is 2. The number of hydrogen-bond donors (Lipinski definition) is 2. The van der Waals surface area contributed by atoms with Crippen LogP contribution < -0.4 is 15.4 Å². The molecule has 2 aromatic carbocycles. The van der Waals surface area contributed by atoms with E-state index in [4.69, 9.17) is 4.74 Å². The molecule has 2 aliphatic rings.